The Morgan fingerprint density at radius 1 is 0.545 bits per heavy atom. The molecule has 0 aromatic carbocycles. The summed E-state index contributed by atoms with van der Waals surface area (Å²) in [6, 6.07) is 0. The normalized spacial score (nSPS) is 2.00. The molecule has 0 unspecified atom stereocenters. The molecule has 0 fully saturated rings. The van der Waals surface area contributed by atoms with E-state index in [1.165, 1.54) is 0 Å². The van der Waals surface area contributed by atoms with Gasteiger partial charge in [0.2, 0.25) is 0 Å². The van der Waals surface area contributed by atoms with Crippen molar-refractivity contribution in [1.82, 2.24) is 0 Å². The molecule has 0 aromatic rings. The average molecular weight is 452 g/mol. The maximum absolute atomic E-state index is 3.00. The minimum Gasteiger partial charge on any atom is -0.106 e. The molecular weight excluding hydrogens is 426 g/mol. The van der Waals surface area contributed by atoms with Gasteiger partial charge >= 0.3 is 0 Å². The van der Waals surface area contributed by atoms with Crippen molar-refractivity contribution in [3.63, 3.8) is 0 Å². The van der Waals surface area contributed by atoms with Crippen LogP contribution in [0.1, 0.15) is 49.0 Å². The quantitative estimate of drug-likeness (QED) is 0.475. The zero-order valence-corrected chi connectivity index (χ0v) is 12.4. The number of rotatable bonds is 0. The van der Waals surface area contributed by atoms with Gasteiger partial charge in [-0.15, -0.1) is 13.2 Å². The molecule has 11 heavy (non-hydrogen) atoms. The van der Waals surface area contributed by atoms with Crippen molar-refractivity contribution in [3.8, 4) is 0 Å². The molecule has 2 radical (unpaired) electrons. The van der Waals surface area contributed by atoms with Gasteiger partial charge in [0.1, 0.15) is 0 Å². The largest absolute Gasteiger partial charge is 0.106 e. The fourth-order valence-corrected chi connectivity index (χ4v) is 0. The monoisotopic (exact) mass is 452 g/mol. The molecule has 2 heteroatoms. The average Bonchev–Trinajstić information content (AvgIpc) is 2.03. The van der Waals surface area contributed by atoms with E-state index in [0.717, 1.165) is 0 Å². The molecule has 0 N–H and O–H groups in total. The summed E-state index contributed by atoms with van der Waals surface area (Å²) >= 11 is 0. The van der Waals surface area contributed by atoms with Gasteiger partial charge in [0, 0.05) is 77.2 Å². The molecule has 0 aliphatic heterocycles. The fourth-order valence-electron chi connectivity index (χ4n) is 0. The summed E-state index contributed by atoms with van der Waals surface area (Å²) in [6.07, 6.45) is 0. The standard InChI is InChI=1S/3C2H6.C2H4.CH4.2Tb/c4*1-2;;;/h3*1-2H3;1-2H2;1H4;;. The topological polar surface area (TPSA) is 0 Å². The molecule has 0 saturated heterocycles. The molecule has 0 aliphatic carbocycles. The van der Waals surface area contributed by atoms with E-state index >= 15 is 0 Å². The second-order valence-corrected chi connectivity index (χ2v) is 0. The van der Waals surface area contributed by atoms with E-state index in [1.54, 1.807) is 0 Å². The van der Waals surface area contributed by atoms with Crippen LogP contribution in [0.25, 0.3) is 0 Å². The summed E-state index contributed by atoms with van der Waals surface area (Å²) in [6.45, 7) is 18.0. The van der Waals surface area contributed by atoms with Gasteiger partial charge in [-0.2, -0.15) is 0 Å². The molecule has 0 aliphatic rings. The Bertz CT molecular complexity index is 7.52. The van der Waals surface area contributed by atoms with Crippen LogP contribution in [0.4, 0.5) is 0 Å². The molecule has 0 amide bonds. The molecular formula is C9H26Tb2. The van der Waals surface area contributed by atoms with Crippen LogP contribution >= 0.6 is 0 Å². The van der Waals surface area contributed by atoms with Gasteiger partial charge in [-0.25, -0.2) is 0 Å². The van der Waals surface area contributed by atoms with E-state index in [0.29, 0.717) is 0 Å². The van der Waals surface area contributed by atoms with Crippen molar-refractivity contribution >= 4 is 0 Å². The van der Waals surface area contributed by atoms with Gasteiger partial charge in [-0.05, 0) is 0 Å². The summed E-state index contributed by atoms with van der Waals surface area (Å²) in [7, 11) is 0. The third-order valence-corrected chi connectivity index (χ3v) is 0. The first-order chi connectivity index (χ1) is 4.00. The SMILES string of the molecule is C.C=C.CC.CC.CC.[Tb].[Tb]. The van der Waals surface area contributed by atoms with Crippen molar-refractivity contribution in [2.45, 2.75) is 49.0 Å². The smallest absolute Gasteiger partial charge is 0 e. The molecule has 0 aromatic heterocycles. The molecule has 0 bridgehead atoms. The maximum Gasteiger partial charge on any atom is 0 e. The Labute approximate surface area is 137 Å². The summed E-state index contributed by atoms with van der Waals surface area (Å²) in [5.74, 6) is 0. The van der Waals surface area contributed by atoms with Gasteiger partial charge in [0.05, 0.1) is 0 Å². The van der Waals surface area contributed by atoms with E-state index in [1.807, 2.05) is 41.5 Å². The third-order valence-electron chi connectivity index (χ3n) is 0. The predicted molar refractivity (Wildman–Crippen MR) is 52.0 cm³/mol. The third kappa shape index (κ3) is 245. The first-order valence-corrected chi connectivity index (χ1v) is 3.50. The second-order valence-electron chi connectivity index (χ2n) is 0. The molecule has 0 nitrogen and oxygen atoms in total. The molecule has 80 valence electrons. The van der Waals surface area contributed by atoms with Gasteiger partial charge in [-0.3, -0.25) is 0 Å². The first-order valence-electron chi connectivity index (χ1n) is 3.50. The van der Waals surface area contributed by atoms with Crippen LogP contribution in [0.2, 0.25) is 0 Å². The van der Waals surface area contributed by atoms with Crippen LogP contribution < -0.4 is 0 Å². The van der Waals surface area contributed by atoms with Crippen LogP contribution in [0, 0.1) is 77.2 Å². The molecule has 0 rings (SSSR count). The molecule has 0 saturated carbocycles. The minimum absolute atomic E-state index is 0. The van der Waals surface area contributed by atoms with E-state index in [4.69, 9.17) is 0 Å². The Hall–Kier alpha value is 2.31. The van der Waals surface area contributed by atoms with E-state index in [9.17, 15) is 0 Å². The van der Waals surface area contributed by atoms with E-state index < -0.39 is 0 Å². The zero-order valence-electron chi connectivity index (χ0n) is 8.08. The Morgan fingerprint density at radius 2 is 0.545 bits per heavy atom. The number of hydrogen-bond donors (Lipinski definition) is 0. The van der Waals surface area contributed by atoms with Crippen LogP contribution in [-0.2, 0) is 0 Å². The van der Waals surface area contributed by atoms with Crippen LogP contribution in [0.3, 0.4) is 0 Å². The number of hydrogen-bond acceptors (Lipinski definition) is 0. The zero-order chi connectivity index (χ0) is 8.00. The van der Waals surface area contributed by atoms with Gasteiger partial charge < -0.3 is 0 Å². The summed E-state index contributed by atoms with van der Waals surface area (Å²) < 4.78 is 0. The van der Waals surface area contributed by atoms with Crippen molar-refractivity contribution in [2.24, 2.45) is 0 Å². The van der Waals surface area contributed by atoms with Gasteiger partial charge in [0.25, 0.3) is 0 Å². The maximum atomic E-state index is 3.00. The van der Waals surface area contributed by atoms with Crippen LogP contribution in [-0.4, -0.2) is 0 Å². The van der Waals surface area contributed by atoms with E-state index in [-0.39, 0.29) is 84.6 Å². The Kier molecular flexibility index (Phi) is 1360. The van der Waals surface area contributed by atoms with Crippen LogP contribution in [0.15, 0.2) is 13.2 Å². The first kappa shape index (κ1) is 50.7. The van der Waals surface area contributed by atoms with Crippen molar-refractivity contribution in [1.29, 1.82) is 0 Å². The Balaban J connectivity index is -0.00000000356. The second kappa shape index (κ2) is 295. The summed E-state index contributed by atoms with van der Waals surface area (Å²) in [5, 5.41) is 0. The van der Waals surface area contributed by atoms with Crippen LogP contribution in [0.5, 0.6) is 0 Å². The van der Waals surface area contributed by atoms with Crippen molar-refractivity contribution in [2.75, 3.05) is 0 Å². The van der Waals surface area contributed by atoms with E-state index in [2.05, 4.69) is 13.2 Å². The van der Waals surface area contributed by atoms with Gasteiger partial charge in [0.15, 0.2) is 0 Å². The van der Waals surface area contributed by atoms with Crippen molar-refractivity contribution in [3.05, 3.63) is 13.2 Å². The Morgan fingerprint density at radius 3 is 0.545 bits per heavy atom. The summed E-state index contributed by atoms with van der Waals surface area (Å²) in [5.41, 5.74) is 0. The fraction of sp³-hybridized carbons (Fsp3) is 0.778. The molecule has 0 atom stereocenters. The minimum atomic E-state index is 0. The molecule has 0 heterocycles. The van der Waals surface area contributed by atoms with Crippen molar-refractivity contribution < 1.29 is 77.2 Å². The predicted octanol–water partition coefficient (Wildman–Crippen LogP) is 4.52. The van der Waals surface area contributed by atoms with Gasteiger partial charge in [-0.1, -0.05) is 49.0 Å². The summed E-state index contributed by atoms with van der Waals surface area (Å²) in [4.78, 5) is 0. The molecule has 0 spiro atoms.